The number of aryl methyl sites for hydroxylation is 3. The molecule has 0 spiro atoms. The zero-order valence-corrected chi connectivity index (χ0v) is 12.5. The Morgan fingerprint density at radius 2 is 2.00 bits per heavy atom. The fourth-order valence-electron chi connectivity index (χ4n) is 2.60. The van der Waals surface area contributed by atoms with Gasteiger partial charge in [0.05, 0.1) is 5.69 Å². The van der Waals surface area contributed by atoms with E-state index >= 15 is 0 Å². The summed E-state index contributed by atoms with van der Waals surface area (Å²) in [5.74, 6) is 0.960. The highest BCUT2D eigenvalue weighted by atomic mass is 15.3. The van der Waals surface area contributed by atoms with Gasteiger partial charge in [-0.25, -0.2) is 4.98 Å². The Bertz CT molecular complexity index is 740. The van der Waals surface area contributed by atoms with Gasteiger partial charge in [0.2, 0.25) is 0 Å². The molecule has 1 aromatic carbocycles. The first-order valence-corrected chi connectivity index (χ1v) is 7.33. The summed E-state index contributed by atoms with van der Waals surface area (Å²) < 4.78 is 2.06. The molecule has 0 unspecified atom stereocenters. The standard InChI is InChI=1S/C17H20N4/c1-13-12-14(2)21(20-13)11-5-9-18-17-16-7-4-3-6-15(16)8-10-19-17/h3-4,6-8,10,12H,5,9,11H2,1-2H3,(H,18,19). The molecule has 0 atom stereocenters. The van der Waals surface area contributed by atoms with Crippen LogP contribution in [0.2, 0.25) is 0 Å². The van der Waals surface area contributed by atoms with Crippen LogP contribution in [0.15, 0.2) is 42.6 Å². The van der Waals surface area contributed by atoms with Gasteiger partial charge >= 0.3 is 0 Å². The predicted octanol–water partition coefficient (Wildman–Crippen LogP) is 3.55. The van der Waals surface area contributed by atoms with E-state index in [1.54, 1.807) is 0 Å². The van der Waals surface area contributed by atoms with E-state index in [0.717, 1.165) is 31.0 Å². The predicted molar refractivity (Wildman–Crippen MR) is 86.6 cm³/mol. The van der Waals surface area contributed by atoms with Crippen molar-refractivity contribution in [3.05, 3.63) is 54.0 Å². The number of rotatable bonds is 5. The van der Waals surface area contributed by atoms with Crippen LogP contribution in [0.5, 0.6) is 0 Å². The maximum Gasteiger partial charge on any atom is 0.133 e. The van der Waals surface area contributed by atoms with Crippen LogP contribution >= 0.6 is 0 Å². The molecule has 2 aromatic heterocycles. The van der Waals surface area contributed by atoms with Gasteiger partial charge in [-0.05, 0) is 37.8 Å². The summed E-state index contributed by atoms with van der Waals surface area (Å²) in [6, 6.07) is 12.5. The third kappa shape index (κ3) is 3.05. The molecular weight excluding hydrogens is 260 g/mol. The quantitative estimate of drug-likeness (QED) is 0.727. The van der Waals surface area contributed by atoms with E-state index in [1.165, 1.54) is 16.5 Å². The first kappa shape index (κ1) is 13.6. The Kier molecular flexibility index (Phi) is 3.86. The van der Waals surface area contributed by atoms with Crippen molar-refractivity contribution in [2.75, 3.05) is 11.9 Å². The molecule has 2 heterocycles. The second kappa shape index (κ2) is 5.95. The molecule has 3 rings (SSSR count). The zero-order chi connectivity index (χ0) is 14.7. The lowest BCUT2D eigenvalue weighted by Gasteiger charge is -2.09. The van der Waals surface area contributed by atoms with Crippen molar-refractivity contribution < 1.29 is 0 Å². The molecule has 1 N–H and O–H groups in total. The average Bonchev–Trinajstić information content (AvgIpc) is 2.82. The minimum atomic E-state index is 0.888. The highest BCUT2D eigenvalue weighted by molar-refractivity contribution is 5.91. The van der Waals surface area contributed by atoms with Crippen LogP contribution in [0, 0.1) is 13.8 Å². The summed E-state index contributed by atoms with van der Waals surface area (Å²) in [6.07, 6.45) is 2.87. The van der Waals surface area contributed by atoms with Crippen molar-refractivity contribution in [3.8, 4) is 0 Å². The van der Waals surface area contributed by atoms with Crippen LogP contribution in [0.3, 0.4) is 0 Å². The van der Waals surface area contributed by atoms with Gasteiger partial charge in [-0.1, -0.05) is 24.3 Å². The maximum absolute atomic E-state index is 4.48. The average molecular weight is 280 g/mol. The molecule has 0 saturated heterocycles. The molecule has 0 fully saturated rings. The third-order valence-electron chi connectivity index (χ3n) is 3.62. The Balaban J connectivity index is 1.61. The number of aromatic nitrogens is 3. The van der Waals surface area contributed by atoms with Crippen molar-refractivity contribution in [2.24, 2.45) is 0 Å². The largest absolute Gasteiger partial charge is 0.369 e. The van der Waals surface area contributed by atoms with Gasteiger partial charge in [-0.15, -0.1) is 0 Å². The second-order valence-corrected chi connectivity index (χ2v) is 5.31. The van der Waals surface area contributed by atoms with Crippen molar-refractivity contribution in [2.45, 2.75) is 26.8 Å². The normalized spacial score (nSPS) is 11.0. The number of nitrogens with zero attached hydrogens (tertiary/aromatic N) is 3. The minimum Gasteiger partial charge on any atom is -0.369 e. The lowest BCUT2D eigenvalue weighted by molar-refractivity contribution is 0.573. The summed E-state index contributed by atoms with van der Waals surface area (Å²) in [7, 11) is 0. The fourth-order valence-corrected chi connectivity index (χ4v) is 2.60. The highest BCUT2D eigenvalue weighted by Gasteiger charge is 2.02. The van der Waals surface area contributed by atoms with Crippen LogP contribution in [0.4, 0.5) is 5.82 Å². The molecule has 108 valence electrons. The van der Waals surface area contributed by atoms with Crippen molar-refractivity contribution in [3.63, 3.8) is 0 Å². The summed E-state index contributed by atoms with van der Waals surface area (Å²) in [5.41, 5.74) is 2.30. The molecule has 0 bridgehead atoms. The Morgan fingerprint density at radius 3 is 2.81 bits per heavy atom. The molecule has 4 nitrogen and oxygen atoms in total. The Hall–Kier alpha value is -2.36. The molecular formula is C17H20N4. The molecule has 0 amide bonds. The number of hydrogen-bond donors (Lipinski definition) is 1. The first-order chi connectivity index (χ1) is 10.2. The van der Waals surface area contributed by atoms with Crippen LogP contribution < -0.4 is 5.32 Å². The van der Waals surface area contributed by atoms with Gasteiger partial charge in [0.15, 0.2) is 0 Å². The van der Waals surface area contributed by atoms with Crippen molar-refractivity contribution in [1.82, 2.24) is 14.8 Å². The molecule has 0 saturated carbocycles. The van der Waals surface area contributed by atoms with Gasteiger partial charge in [0.25, 0.3) is 0 Å². The van der Waals surface area contributed by atoms with E-state index in [9.17, 15) is 0 Å². The summed E-state index contributed by atoms with van der Waals surface area (Å²) in [4.78, 5) is 4.44. The molecule has 21 heavy (non-hydrogen) atoms. The van der Waals surface area contributed by atoms with Crippen LogP contribution in [0.25, 0.3) is 10.8 Å². The first-order valence-electron chi connectivity index (χ1n) is 7.33. The SMILES string of the molecule is Cc1cc(C)n(CCCNc2nccc3ccccc23)n1. The minimum absolute atomic E-state index is 0.888. The van der Waals surface area contributed by atoms with Crippen LogP contribution in [0.1, 0.15) is 17.8 Å². The molecule has 0 radical (unpaired) electrons. The van der Waals surface area contributed by atoms with Gasteiger partial charge in [0.1, 0.15) is 5.82 Å². The molecule has 0 aliphatic rings. The summed E-state index contributed by atoms with van der Waals surface area (Å²) >= 11 is 0. The number of nitrogens with one attached hydrogen (secondary N) is 1. The number of pyridine rings is 1. The van der Waals surface area contributed by atoms with Gasteiger partial charge in [0, 0.05) is 30.4 Å². The number of benzene rings is 1. The van der Waals surface area contributed by atoms with Gasteiger partial charge in [-0.3, -0.25) is 4.68 Å². The molecule has 0 aliphatic carbocycles. The monoisotopic (exact) mass is 280 g/mol. The number of hydrogen-bond acceptors (Lipinski definition) is 3. The van der Waals surface area contributed by atoms with Crippen LogP contribution in [-0.4, -0.2) is 21.3 Å². The molecule has 3 aromatic rings. The fraction of sp³-hybridized carbons (Fsp3) is 0.294. The topological polar surface area (TPSA) is 42.7 Å². The summed E-state index contributed by atoms with van der Waals surface area (Å²) in [6.45, 7) is 5.94. The van der Waals surface area contributed by atoms with Crippen molar-refractivity contribution in [1.29, 1.82) is 0 Å². The molecule has 4 heteroatoms. The van der Waals surface area contributed by atoms with E-state index in [0.29, 0.717) is 0 Å². The van der Waals surface area contributed by atoms with Gasteiger partial charge in [-0.2, -0.15) is 5.10 Å². The zero-order valence-electron chi connectivity index (χ0n) is 12.5. The maximum atomic E-state index is 4.48. The van der Waals surface area contributed by atoms with E-state index in [2.05, 4.69) is 51.3 Å². The number of anilines is 1. The van der Waals surface area contributed by atoms with Crippen molar-refractivity contribution >= 4 is 16.6 Å². The third-order valence-corrected chi connectivity index (χ3v) is 3.62. The van der Waals surface area contributed by atoms with Crippen LogP contribution in [-0.2, 0) is 6.54 Å². The van der Waals surface area contributed by atoms with E-state index < -0.39 is 0 Å². The Labute approximate surface area is 124 Å². The highest BCUT2D eigenvalue weighted by Crippen LogP contribution is 2.20. The second-order valence-electron chi connectivity index (χ2n) is 5.31. The smallest absolute Gasteiger partial charge is 0.133 e. The summed E-state index contributed by atoms with van der Waals surface area (Å²) in [5, 5.41) is 10.3. The number of fused-ring (bicyclic) bond motifs is 1. The Morgan fingerprint density at radius 1 is 1.14 bits per heavy atom. The van der Waals surface area contributed by atoms with Gasteiger partial charge < -0.3 is 5.32 Å². The lowest BCUT2D eigenvalue weighted by Crippen LogP contribution is -2.09. The lowest BCUT2D eigenvalue weighted by atomic mass is 10.1. The molecule has 0 aliphatic heterocycles. The van der Waals surface area contributed by atoms with E-state index in [4.69, 9.17) is 0 Å². The van der Waals surface area contributed by atoms with E-state index in [1.807, 2.05) is 25.3 Å². The van der Waals surface area contributed by atoms with E-state index in [-0.39, 0.29) is 0 Å².